The standard InChI is InChI=1S/C16H16BrFN2O3/c1-4-11-13(16(22)23-3)8(2)14(19-11)15(21)20-12-6-5-9(17)7-10(12)18/h5-7,19H,4H2,1-3H3,(H,20,21). The van der Waals surface area contributed by atoms with Gasteiger partial charge in [0.2, 0.25) is 0 Å². The fourth-order valence-electron chi connectivity index (χ4n) is 2.30. The maximum absolute atomic E-state index is 13.8. The van der Waals surface area contributed by atoms with E-state index in [-0.39, 0.29) is 11.4 Å². The van der Waals surface area contributed by atoms with Crippen LogP contribution in [0.5, 0.6) is 0 Å². The van der Waals surface area contributed by atoms with E-state index in [0.29, 0.717) is 27.7 Å². The maximum Gasteiger partial charge on any atom is 0.339 e. The number of nitrogens with one attached hydrogen (secondary N) is 2. The Morgan fingerprint density at radius 1 is 1.39 bits per heavy atom. The molecule has 0 bridgehead atoms. The van der Waals surface area contributed by atoms with Crippen molar-refractivity contribution >= 4 is 33.5 Å². The average Bonchev–Trinajstić information content (AvgIpc) is 2.86. The Morgan fingerprint density at radius 3 is 2.65 bits per heavy atom. The van der Waals surface area contributed by atoms with Crippen molar-refractivity contribution in [1.82, 2.24) is 4.98 Å². The van der Waals surface area contributed by atoms with E-state index in [4.69, 9.17) is 4.74 Å². The summed E-state index contributed by atoms with van der Waals surface area (Å²) in [5.41, 5.74) is 1.70. The molecule has 122 valence electrons. The van der Waals surface area contributed by atoms with Gasteiger partial charge in [0.05, 0.1) is 18.4 Å². The third-order valence-electron chi connectivity index (χ3n) is 3.48. The summed E-state index contributed by atoms with van der Waals surface area (Å²) in [5, 5.41) is 2.50. The van der Waals surface area contributed by atoms with Gasteiger partial charge in [0.25, 0.3) is 5.91 Å². The van der Waals surface area contributed by atoms with E-state index in [9.17, 15) is 14.0 Å². The number of H-pyrrole nitrogens is 1. The second-order valence-corrected chi connectivity index (χ2v) is 5.82. The Labute approximate surface area is 141 Å². The maximum atomic E-state index is 13.8. The monoisotopic (exact) mass is 382 g/mol. The summed E-state index contributed by atoms with van der Waals surface area (Å²) in [7, 11) is 1.28. The number of hydrogen-bond donors (Lipinski definition) is 2. The molecule has 0 spiro atoms. The number of amides is 1. The van der Waals surface area contributed by atoms with Gasteiger partial charge in [-0.05, 0) is 37.1 Å². The molecule has 0 fully saturated rings. The minimum Gasteiger partial charge on any atom is -0.465 e. The molecule has 0 radical (unpaired) electrons. The lowest BCUT2D eigenvalue weighted by molar-refractivity contribution is 0.0599. The molecule has 0 aliphatic carbocycles. The van der Waals surface area contributed by atoms with Crippen molar-refractivity contribution in [2.75, 3.05) is 12.4 Å². The SMILES string of the molecule is CCc1[nH]c(C(=O)Nc2ccc(Br)cc2F)c(C)c1C(=O)OC. The first kappa shape index (κ1) is 17.2. The van der Waals surface area contributed by atoms with Crippen LogP contribution in [0.1, 0.15) is 39.0 Å². The number of esters is 1. The van der Waals surface area contributed by atoms with Gasteiger partial charge in [0, 0.05) is 10.2 Å². The first-order valence-corrected chi connectivity index (χ1v) is 7.74. The fraction of sp³-hybridized carbons (Fsp3) is 0.250. The van der Waals surface area contributed by atoms with Gasteiger partial charge in [-0.25, -0.2) is 9.18 Å². The van der Waals surface area contributed by atoms with Crippen molar-refractivity contribution in [3.8, 4) is 0 Å². The number of benzene rings is 1. The molecule has 0 saturated heterocycles. The van der Waals surface area contributed by atoms with Crippen LogP contribution >= 0.6 is 15.9 Å². The molecule has 2 N–H and O–H groups in total. The second-order valence-electron chi connectivity index (χ2n) is 4.90. The lowest BCUT2D eigenvalue weighted by Crippen LogP contribution is -2.15. The van der Waals surface area contributed by atoms with Crippen LogP contribution in [0.25, 0.3) is 0 Å². The summed E-state index contributed by atoms with van der Waals surface area (Å²) < 4.78 is 19.2. The molecule has 1 aromatic heterocycles. The highest BCUT2D eigenvalue weighted by Crippen LogP contribution is 2.23. The summed E-state index contributed by atoms with van der Waals surface area (Å²) in [6, 6.07) is 4.34. The topological polar surface area (TPSA) is 71.2 Å². The zero-order valence-electron chi connectivity index (χ0n) is 12.9. The predicted molar refractivity (Wildman–Crippen MR) is 88.3 cm³/mol. The predicted octanol–water partition coefficient (Wildman–Crippen LogP) is 3.83. The van der Waals surface area contributed by atoms with E-state index < -0.39 is 17.7 Å². The van der Waals surface area contributed by atoms with E-state index in [2.05, 4.69) is 26.2 Å². The zero-order chi connectivity index (χ0) is 17.1. The van der Waals surface area contributed by atoms with Crippen molar-refractivity contribution in [1.29, 1.82) is 0 Å². The lowest BCUT2D eigenvalue weighted by atomic mass is 10.1. The van der Waals surface area contributed by atoms with Crippen LogP contribution in [0.4, 0.5) is 10.1 Å². The third-order valence-corrected chi connectivity index (χ3v) is 3.97. The van der Waals surface area contributed by atoms with Crippen LogP contribution in [0, 0.1) is 12.7 Å². The Kier molecular flexibility index (Phi) is 5.20. The molecule has 0 aliphatic rings. The Bertz CT molecular complexity index is 771. The first-order valence-electron chi connectivity index (χ1n) is 6.95. The van der Waals surface area contributed by atoms with Crippen molar-refractivity contribution in [2.24, 2.45) is 0 Å². The van der Waals surface area contributed by atoms with Crippen molar-refractivity contribution in [2.45, 2.75) is 20.3 Å². The number of carbonyl (C=O) groups excluding carboxylic acids is 2. The number of methoxy groups -OCH3 is 1. The fourth-order valence-corrected chi connectivity index (χ4v) is 2.64. The van der Waals surface area contributed by atoms with Crippen LogP contribution in [-0.4, -0.2) is 24.0 Å². The number of halogens is 2. The number of anilines is 1. The van der Waals surface area contributed by atoms with E-state index >= 15 is 0 Å². The smallest absolute Gasteiger partial charge is 0.339 e. The quantitative estimate of drug-likeness (QED) is 0.789. The van der Waals surface area contributed by atoms with Crippen LogP contribution < -0.4 is 5.32 Å². The van der Waals surface area contributed by atoms with Gasteiger partial charge in [0.15, 0.2) is 0 Å². The minimum atomic E-state index is -0.555. The highest BCUT2D eigenvalue weighted by Gasteiger charge is 2.24. The summed E-state index contributed by atoms with van der Waals surface area (Å²) in [6.45, 7) is 3.50. The molecular formula is C16H16BrFN2O3. The molecule has 2 aromatic rings. The zero-order valence-corrected chi connectivity index (χ0v) is 14.5. The highest BCUT2D eigenvalue weighted by atomic mass is 79.9. The Morgan fingerprint density at radius 2 is 2.09 bits per heavy atom. The molecule has 5 nitrogen and oxygen atoms in total. The molecule has 1 aromatic carbocycles. The molecule has 0 aliphatic heterocycles. The van der Waals surface area contributed by atoms with E-state index in [1.165, 1.54) is 19.2 Å². The average molecular weight is 383 g/mol. The van der Waals surface area contributed by atoms with Gasteiger partial charge in [-0.2, -0.15) is 0 Å². The van der Waals surface area contributed by atoms with Gasteiger partial charge >= 0.3 is 5.97 Å². The Hall–Kier alpha value is -2.15. The molecule has 0 saturated carbocycles. The molecule has 7 heteroatoms. The van der Waals surface area contributed by atoms with E-state index in [0.717, 1.165) is 0 Å². The summed E-state index contributed by atoms with van der Waals surface area (Å²) in [5.74, 6) is -1.58. The molecule has 1 heterocycles. The highest BCUT2D eigenvalue weighted by molar-refractivity contribution is 9.10. The van der Waals surface area contributed by atoms with Gasteiger partial charge in [-0.1, -0.05) is 22.9 Å². The second kappa shape index (κ2) is 6.95. The van der Waals surface area contributed by atoms with Crippen LogP contribution in [0.15, 0.2) is 22.7 Å². The summed E-state index contributed by atoms with van der Waals surface area (Å²) in [4.78, 5) is 27.2. The molecule has 1 amide bonds. The van der Waals surface area contributed by atoms with Crippen molar-refractivity contribution in [3.05, 3.63) is 51.0 Å². The van der Waals surface area contributed by atoms with Crippen molar-refractivity contribution < 1.29 is 18.7 Å². The number of rotatable bonds is 4. The number of aromatic nitrogens is 1. The molecule has 2 rings (SSSR count). The lowest BCUT2D eigenvalue weighted by Gasteiger charge is -2.06. The van der Waals surface area contributed by atoms with Gasteiger partial charge in [-0.15, -0.1) is 0 Å². The molecule has 23 heavy (non-hydrogen) atoms. The van der Waals surface area contributed by atoms with E-state index in [1.807, 2.05) is 6.92 Å². The number of aryl methyl sites for hydroxylation is 1. The largest absolute Gasteiger partial charge is 0.465 e. The van der Waals surface area contributed by atoms with E-state index in [1.54, 1.807) is 13.0 Å². The number of aromatic amines is 1. The normalized spacial score (nSPS) is 10.5. The van der Waals surface area contributed by atoms with Crippen LogP contribution in [-0.2, 0) is 11.2 Å². The summed E-state index contributed by atoms with van der Waals surface area (Å²) in [6.07, 6.45) is 0.533. The number of ether oxygens (including phenoxy) is 1. The van der Waals surface area contributed by atoms with Crippen LogP contribution in [0.3, 0.4) is 0 Å². The van der Waals surface area contributed by atoms with Crippen LogP contribution in [0.2, 0.25) is 0 Å². The van der Waals surface area contributed by atoms with Gasteiger partial charge in [0.1, 0.15) is 11.5 Å². The minimum absolute atomic E-state index is 0.0601. The van der Waals surface area contributed by atoms with Gasteiger partial charge in [-0.3, -0.25) is 4.79 Å². The summed E-state index contributed by atoms with van der Waals surface area (Å²) >= 11 is 3.15. The first-order chi connectivity index (χ1) is 10.9. The third kappa shape index (κ3) is 3.44. The Balaban J connectivity index is 2.36. The number of hydrogen-bond acceptors (Lipinski definition) is 3. The van der Waals surface area contributed by atoms with Gasteiger partial charge < -0.3 is 15.0 Å². The van der Waals surface area contributed by atoms with Crippen molar-refractivity contribution in [3.63, 3.8) is 0 Å². The number of carbonyl (C=O) groups is 2. The molecule has 0 atom stereocenters. The molecular weight excluding hydrogens is 367 g/mol. The molecule has 0 unspecified atom stereocenters.